The molecule has 1 unspecified atom stereocenters. The first-order valence-electron chi connectivity index (χ1n) is 8.16. The number of alkyl halides is 1. The molecule has 2 nitrogen and oxygen atoms in total. The summed E-state index contributed by atoms with van der Waals surface area (Å²) in [5.74, 6) is 1.73. The highest BCUT2D eigenvalue weighted by Gasteiger charge is 2.27. The molecule has 1 amide bonds. The van der Waals surface area contributed by atoms with Gasteiger partial charge in [-0.2, -0.15) is 0 Å². The average molecular weight is 286 g/mol. The van der Waals surface area contributed by atoms with E-state index in [0.29, 0.717) is 23.7 Å². The Kier molecular flexibility index (Phi) is 6.49. The van der Waals surface area contributed by atoms with E-state index in [1.54, 1.807) is 0 Å². The summed E-state index contributed by atoms with van der Waals surface area (Å²) in [4.78, 5) is 14.7. The highest BCUT2D eigenvalue weighted by molar-refractivity contribution is 6.17. The first-order chi connectivity index (χ1) is 9.31. The van der Waals surface area contributed by atoms with E-state index < -0.39 is 0 Å². The Bertz CT molecular complexity index is 272. The first-order valence-corrected chi connectivity index (χ1v) is 8.70. The Morgan fingerprint density at radius 1 is 1.00 bits per heavy atom. The molecule has 0 N–H and O–H groups in total. The van der Waals surface area contributed by atoms with E-state index in [-0.39, 0.29) is 0 Å². The maximum atomic E-state index is 12.5. The van der Waals surface area contributed by atoms with Crippen LogP contribution < -0.4 is 0 Å². The number of halogens is 1. The van der Waals surface area contributed by atoms with Gasteiger partial charge in [0, 0.05) is 24.9 Å². The van der Waals surface area contributed by atoms with Crippen LogP contribution in [0.4, 0.5) is 0 Å². The molecule has 0 bridgehead atoms. The molecule has 19 heavy (non-hydrogen) atoms. The molecule has 0 radical (unpaired) electrons. The van der Waals surface area contributed by atoms with Crippen molar-refractivity contribution in [2.45, 2.75) is 76.7 Å². The van der Waals surface area contributed by atoms with Crippen molar-refractivity contribution in [1.82, 2.24) is 4.90 Å². The molecule has 0 spiro atoms. The summed E-state index contributed by atoms with van der Waals surface area (Å²) in [6.07, 6.45) is 13.3. The number of nitrogens with zero attached hydrogens (tertiary/aromatic N) is 1. The minimum Gasteiger partial charge on any atom is -0.340 e. The Morgan fingerprint density at radius 3 is 2.37 bits per heavy atom. The smallest absolute Gasteiger partial charge is 0.223 e. The molecule has 0 aromatic heterocycles. The molecule has 1 saturated heterocycles. The summed E-state index contributed by atoms with van der Waals surface area (Å²) in [6, 6.07) is 0.421. The maximum absolute atomic E-state index is 12.5. The van der Waals surface area contributed by atoms with Crippen LogP contribution in [0.5, 0.6) is 0 Å². The van der Waals surface area contributed by atoms with Crippen molar-refractivity contribution in [3.63, 3.8) is 0 Å². The van der Waals surface area contributed by atoms with Crippen molar-refractivity contribution in [1.29, 1.82) is 0 Å². The molecule has 110 valence electrons. The summed E-state index contributed by atoms with van der Waals surface area (Å²) in [7, 11) is 0. The number of carbonyl (C=O) groups is 1. The van der Waals surface area contributed by atoms with Gasteiger partial charge in [0.1, 0.15) is 0 Å². The van der Waals surface area contributed by atoms with Gasteiger partial charge in [0.2, 0.25) is 5.91 Å². The molecule has 2 rings (SSSR count). The summed E-state index contributed by atoms with van der Waals surface area (Å²) < 4.78 is 0. The third kappa shape index (κ3) is 4.66. The van der Waals surface area contributed by atoms with Gasteiger partial charge in [0.05, 0.1) is 0 Å². The van der Waals surface area contributed by atoms with Crippen LogP contribution in [0, 0.1) is 5.92 Å². The van der Waals surface area contributed by atoms with E-state index >= 15 is 0 Å². The van der Waals surface area contributed by atoms with E-state index in [9.17, 15) is 4.79 Å². The Balaban J connectivity index is 1.85. The number of likely N-dealkylation sites (tertiary alicyclic amines) is 1. The second-order valence-corrected chi connectivity index (χ2v) is 6.65. The SMILES string of the molecule is O=C(CC1CCCCCC1)N1CCCCC1CCCl. The average Bonchev–Trinajstić information content (AvgIpc) is 2.68. The van der Waals surface area contributed by atoms with Gasteiger partial charge in [0.25, 0.3) is 0 Å². The molecule has 1 aliphatic heterocycles. The van der Waals surface area contributed by atoms with E-state index in [4.69, 9.17) is 11.6 Å². The van der Waals surface area contributed by atoms with Crippen molar-refractivity contribution in [3.8, 4) is 0 Å². The summed E-state index contributed by atoms with van der Waals surface area (Å²) in [5.41, 5.74) is 0. The normalized spacial score (nSPS) is 26.2. The maximum Gasteiger partial charge on any atom is 0.223 e. The van der Waals surface area contributed by atoms with Crippen LogP contribution in [-0.2, 0) is 4.79 Å². The zero-order valence-corrected chi connectivity index (χ0v) is 12.8. The minimum atomic E-state index is 0.404. The fourth-order valence-electron chi connectivity index (χ4n) is 3.69. The molecule has 1 atom stereocenters. The quantitative estimate of drug-likeness (QED) is 0.555. The lowest BCUT2D eigenvalue weighted by Crippen LogP contribution is -2.44. The Morgan fingerprint density at radius 2 is 1.68 bits per heavy atom. The topological polar surface area (TPSA) is 20.3 Å². The number of hydrogen-bond donors (Lipinski definition) is 0. The van der Waals surface area contributed by atoms with Crippen LogP contribution in [0.3, 0.4) is 0 Å². The summed E-state index contributed by atoms with van der Waals surface area (Å²) >= 11 is 5.88. The standard InChI is InChI=1S/C16H28ClNO/c17-11-10-15-9-5-6-12-18(15)16(19)13-14-7-3-1-2-4-8-14/h14-15H,1-13H2. The van der Waals surface area contributed by atoms with Gasteiger partial charge in [0.15, 0.2) is 0 Å². The fourth-order valence-corrected chi connectivity index (χ4v) is 3.94. The Labute approximate surface area is 122 Å². The van der Waals surface area contributed by atoms with Crippen molar-refractivity contribution in [2.75, 3.05) is 12.4 Å². The lowest BCUT2D eigenvalue weighted by atomic mass is 9.93. The molecule has 1 heterocycles. The van der Waals surface area contributed by atoms with Crippen LogP contribution >= 0.6 is 11.6 Å². The third-order valence-electron chi connectivity index (χ3n) is 4.83. The molecule has 0 aromatic rings. The van der Waals surface area contributed by atoms with Gasteiger partial charge < -0.3 is 4.90 Å². The van der Waals surface area contributed by atoms with Crippen LogP contribution in [0.25, 0.3) is 0 Å². The predicted octanol–water partition coefficient (Wildman–Crippen LogP) is 4.36. The Hall–Kier alpha value is -0.240. The van der Waals surface area contributed by atoms with Crippen molar-refractivity contribution in [3.05, 3.63) is 0 Å². The van der Waals surface area contributed by atoms with Crippen LogP contribution in [0.15, 0.2) is 0 Å². The van der Waals surface area contributed by atoms with Gasteiger partial charge in [-0.15, -0.1) is 11.6 Å². The van der Waals surface area contributed by atoms with Crippen molar-refractivity contribution < 1.29 is 4.79 Å². The molecule has 0 aromatic carbocycles. The highest BCUT2D eigenvalue weighted by Crippen LogP contribution is 2.28. The number of amides is 1. The van der Waals surface area contributed by atoms with Crippen LogP contribution in [0.2, 0.25) is 0 Å². The fraction of sp³-hybridized carbons (Fsp3) is 0.938. The molecule has 2 fully saturated rings. The number of hydrogen-bond acceptors (Lipinski definition) is 1. The van der Waals surface area contributed by atoms with Crippen LogP contribution in [-0.4, -0.2) is 29.3 Å². The van der Waals surface area contributed by atoms with E-state index in [1.165, 1.54) is 51.4 Å². The summed E-state index contributed by atoms with van der Waals surface area (Å²) in [6.45, 7) is 0.965. The molecule has 2 aliphatic rings. The van der Waals surface area contributed by atoms with Crippen LogP contribution in [0.1, 0.15) is 70.6 Å². The van der Waals surface area contributed by atoms with Gasteiger partial charge in [-0.25, -0.2) is 0 Å². The highest BCUT2D eigenvalue weighted by atomic mass is 35.5. The molecular weight excluding hydrogens is 258 g/mol. The first kappa shape index (κ1) is 15.2. The zero-order valence-electron chi connectivity index (χ0n) is 12.1. The van der Waals surface area contributed by atoms with Gasteiger partial charge in [-0.1, -0.05) is 25.7 Å². The van der Waals surface area contributed by atoms with E-state index in [1.807, 2.05) is 0 Å². The monoisotopic (exact) mass is 285 g/mol. The van der Waals surface area contributed by atoms with Gasteiger partial charge >= 0.3 is 0 Å². The van der Waals surface area contributed by atoms with E-state index in [2.05, 4.69) is 4.90 Å². The second-order valence-electron chi connectivity index (χ2n) is 6.28. The van der Waals surface area contributed by atoms with Crippen molar-refractivity contribution >= 4 is 17.5 Å². The summed E-state index contributed by atoms with van der Waals surface area (Å²) in [5, 5.41) is 0. The largest absolute Gasteiger partial charge is 0.340 e. The second kappa shape index (κ2) is 8.14. The lowest BCUT2D eigenvalue weighted by Gasteiger charge is -2.36. The number of carbonyl (C=O) groups excluding carboxylic acids is 1. The molecule has 1 saturated carbocycles. The third-order valence-corrected chi connectivity index (χ3v) is 5.05. The van der Waals surface area contributed by atoms with Gasteiger partial charge in [-0.3, -0.25) is 4.79 Å². The van der Waals surface area contributed by atoms with Crippen molar-refractivity contribution in [2.24, 2.45) is 5.92 Å². The molecule has 1 aliphatic carbocycles. The van der Waals surface area contributed by atoms with E-state index in [0.717, 1.165) is 25.8 Å². The zero-order chi connectivity index (χ0) is 13.5. The predicted molar refractivity (Wildman–Crippen MR) is 80.5 cm³/mol. The lowest BCUT2D eigenvalue weighted by molar-refractivity contribution is -0.136. The molecular formula is C16H28ClNO. The van der Waals surface area contributed by atoms with Gasteiger partial charge in [-0.05, 0) is 44.4 Å². The number of piperidine rings is 1. The molecule has 3 heteroatoms. The number of rotatable bonds is 4. The minimum absolute atomic E-state index is 0.404.